The minimum absolute atomic E-state index is 0.0829. The van der Waals surface area contributed by atoms with Crippen molar-refractivity contribution in [2.75, 3.05) is 0 Å². The fraction of sp³-hybridized carbons (Fsp3) is 0.737. The molecule has 0 aromatic heterocycles. The standard InChI is InChI=1S/C38H64N6O11/c1-8-14-29(46)25(10-3)40-38(55)33(24-15-12-11-13-16-24)44-37(54)32(22(6)9-2)43-36(53)27(19-21(4)5)42-34(51)26(17-18-30(47)48)41-35(52)28(20-31(49)50)39-23(7)45/h8,14,21-22,24-29,32-33,46H,9-13,15-20H2,1-7H3,(H,39,45)(H,40,55)(H,41,52)(H,42,51)(H,43,53)(H,44,54)(H,47,48)(H,49,50)/b14-8+/t22-,25-,26+,27-,28-,29?,32-,33-/m0/s1. The first-order valence-electron chi connectivity index (χ1n) is 19.4. The Bertz CT molecular complexity index is 1330. The van der Waals surface area contributed by atoms with Gasteiger partial charge in [-0.1, -0.05) is 72.5 Å². The highest BCUT2D eigenvalue weighted by molar-refractivity contribution is 5.97. The van der Waals surface area contributed by atoms with Gasteiger partial charge in [0, 0.05) is 13.3 Å². The Hall–Kier alpha value is -4.54. The van der Waals surface area contributed by atoms with Gasteiger partial charge in [0.1, 0.15) is 30.2 Å². The largest absolute Gasteiger partial charge is 0.481 e. The fourth-order valence-corrected chi connectivity index (χ4v) is 6.51. The van der Waals surface area contributed by atoms with E-state index in [0.29, 0.717) is 25.7 Å². The van der Waals surface area contributed by atoms with E-state index in [0.717, 1.165) is 26.2 Å². The SMILES string of the molecule is C/C=C/C(O)[C@H](CC)NC(=O)[C@@H](NC(=O)[C@@H](NC(=O)[C@H](CC(C)C)NC(=O)[C@@H](CCC(=O)O)NC(=O)[C@H](CC(=O)O)NC(C)=O)[C@@H](C)CC)C1CCCCC1. The number of allylic oxidation sites excluding steroid dienone is 1. The quantitative estimate of drug-likeness (QED) is 0.0630. The molecule has 1 aliphatic rings. The number of carboxylic acids is 2. The van der Waals surface area contributed by atoms with E-state index in [4.69, 9.17) is 0 Å². The first-order valence-corrected chi connectivity index (χ1v) is 19.4. The summed E-state index contributed by atoms with van der Waals surface area (Å²) in [6.45, 7) is 11.8. The van der Waals surface area contributed by atoms with Crippen molar-refractivity contribution < 1.29 is 53.7 Å². The zero-order valence-electron chi connectivity index (χ0n) is 33.3. The summed E-state index contributed by atoms with van der Waals surface area (Å²) in [4.78, 5) is 103. The number of nitrogens with one attached hydrogen (secondary N) is 6. The molecule has 0 spiro atoms. The molecule has 312 valence electrons. The molecular formula is C38H64N6O11. The zero-order chi connectivity index (χ0) is 41.8. The number of carbonyl (C=O) groups excluding carboxylic acids is 6. The van der Waals surface area contributed by atoms with Gasteiger partial charge in [-0.2, -0.15) is 0 Å². The van der Waals surface area contributed by atoms with Crippen LogP contribution in [0.1, 0.15) is 119 Å². The highest BCUT2D eigenvalue weighted by Gasteiger charge is 2.37. The zero-order valence-corrected chi connectivity index (χ0v) is 33.3. The van der Waals surface area contributed by atoms with Crippen LogP contribution in [-0.4, -0.2) is 105 Å². The molecule has 17 nitrogen and oxygen atoms in total. The number of carboxylic acid groups (broad SMARTS) is 2. The lowest BCUT2D eigenvalue weighted by Crippen LogP contribution is -2.61. The average molecular weight is 781 g/mol. The summed E-state index contributed by atoms with van der Waals surface area (Å²) in [5.41, 5.74) is 0. The van der Waals surface area contributed by atoms with Crippen LogP contribution in [0.4, 0.5) is 0 Å². The highest BCUT2D eigenvalue weighted by Crippen LogP contribution is 2.27. The molecule has 1 rings (SSSR count). The lowest BCUT2D eigenvalue weighted by Gasteiger charge is -2.34. The minimum Gasteiger partial charge on any atom is -0.481 e. The lowest BCUT2D eigenvalue weighted by atomic mass is 9.83. The van der Waals surface area contributed by atoms with E-state index >= 15 is 0 Å². The van der Waals surface area contributed by atoms with E-state index in [1.807, 2.05) is 13.8 Å². The van der Waals surface area contributed by atoms with Gasteiger partial charge in [0.05, 0.1) is 18.6 Å². The van der Waals surface area contributed by atoms with Crippen LogP contribution in [0.25, 0.3) is 0 Å². The number of aliphatic hydroxyl groups is 1. The van der Waals surface area contributed by atoms with Gasteiger partial charge in [-0.05, 0) is 56.8 Å². The molecule has 0 bridgehead atoms. The Morgan fingerprint density at radius 2 is 1.27 bits per heavy atom. The summed E-state index contributed by atoms with van der Waals surface area (Å²) < 4.78 is 0. The summed E-state index contributed by atoms with van der Waals surface area (Å²) in [6, 6.07) is -7.00. The van der Waals surface area contributed by atoms with Crippen LogP contribution >= 0.6 is 0 Å². The van der Waals surface area contributed by atoms with Crippen LogP contribution in [0.15, 0.2) is 12.2 Å². The molecule has 1 fully saturated rings. The maximum absolute atomic E-state index is 14.1. The molecule has 0 aromatic carbocycles. The Morgan fingerprint density at radius 1 is 0.691 bits per heavy atom. The van der Waals surface area contributed by atoms with E-state index in [-0.39, 0.29) is 18.3 Å². The third kappa shape index (κ3) is 17.6. The van der Waals surface area contributed by atoms with Gasteiger partial charge >= 0.3 is 11.9 Å². The first kappa shape index (κ1) is 48.5. The van der Waals surface area contributed by atoms with E-state index in [9.17, 15) is 53.7 Å². The fourth-order valence-electron chi connectivity index (χ4n) is 6.51. The third-order valence-electron chi connectivity index (χ3n) is 9.76. The minimum atomic E-state index is -1.56. The average Bonchev–Trinajstić information content (AvgIpc) is 3.11. The molecular weight excluding hydrogens is 716 g/mol. The molecule has 0 aromatic rings. The molecule has 6 amide bonds. The molecule has 1 saturated carbocycles. The number of hydrogen-bond donors (Lipinski definition) is 9. The van der Waals surface area contributed by atoms with Gasteiger partial charge in [-0.15, -0.1) is 0 Å². The number of amides is 6. The smallest absolute Gasteiger partial charge is 0.305 e. The summed E-state index contributed by atoms with van der Waals surface area (Å²) in [5.74, 6) is -7.90. The molecule has 0 aliphatic heterocycles. The van der Waals surface area contributed by atoms with Crippen molar-refractivity contribution in [1.82, 2.24) is 31.9 Å². The number of aliphatic hydroxyl groups excluding tert-OH is 1. The van der Waals surface area contributed by atoms with Crippen molar-refractivity contribution in [3.8, 4) is 0 Å². The van der Waals surface area contributed by atoms with Crippen LogP contribution in [0.3, 0.4) is 0 Å². The molecule has 9 N–H and O–H groups in total. The van der Waals surface area contributed by atoms with Crippen LogP contribution in [0, 0.1) is 17.8 Å². The monoisotopic (exact) mass is 780 g/mol. The third-order valence-corrected chi connectivity index (χ3v) is 9.76. The molecule has 8 atom stereocenters. The van der Waals surface area contributed by atoms with Crippen LogP contribution in [0.5, 0.6) is 0 Å². The van der Waals surface area contributed by atoms with Crippen LogP contribution in [0.2, 0.25) is 0 Å². The Morgan fingerprint density at radius 3 is 1.78 bits per heavy atom. The number of rotatable bonds is 24. The topological polar surface area (TPSA) is 269 Å². The lowest BCUT2D eigenvalue weighted by molar-refractivity contribution is -0.141. The van der Waals surface area contributed by atoms with Crippen molar-refractivity contribution in [2.24, 2.45) is 17.8 Å². The van der Waals surface area contributed by atoms with Crippen LogP contribution < -0.4 is 31.9 Å². The Kier molecular flexibility index (Phi) is 21.8. The van der Waals surface area contributed by atoms with E-state index in [1.54, 1.807) is 39.8 Å². The van der Waals surface area contributed by atoms with E-state index in [1.165, 1.54) is 0 Å². The van der Waals surface area contributed by atoms with Crippen molar-refractivity contribution >= 4 is 47.4 Å². The second kappa shape index (κ2) is 24.8. The molecule has 1 aliphatic carbocycles. The normalized spacial score (nSPS) is 17.7. The molecule has 55 heavy (non-hydrogen) atoms. The number of hydrogen-bond acceptors (Lipinski definition) is 9. The maximum atomic E-state index is 14.1. The van der Waals surface area contributed by atoms with Gasteiger partial charge in [0.2, 0.25) is 35.4 Å². The maximum Gasteiger partial charge on any atom is 0.305 e. The predicted molar refractivity (Wildman–Crippen MR) is 203 cm³/mol. The summed E-state index contributed by atoms with van der Waals surface area (Å²) in [7, 11) is 0. The molecule has 0 saturated heterocycles. The van der Waals surface area contributed by atoms with Gasteiger partial charge in [-0.25, -0.2) is 0 Å². The van der Waals surface area contributed by atoms with Crippen LogP contribution in [-0.2, 0) is 38.4 Å². The van der Waals surface area contributed by atoms with Gasteiger partial charge in [0.15, 0.2) is 0 Å². The predicted octanol–water partition coefficient (Wildman–Crippen LogP) is 1.27. The highest BCUT2D eigenvalue weighted by atomic mass is 16.4. The Labute approximate surface area is 324 Å². The molecule has 0 radical (unpaired) electrons. The van der Waals surface area contributed by atoms with Gasteiger partial charge in [-0.3, -0.25) is 38.4 Å². The van der Waals surface area contributed by atoms with Gasteiger partial charge < -0.3 is 47.2 Å². The summed E-state index contributed by atoms with van der Waals surface area (Å²) >= 11 is 0. The van der Waals surface area contributed by atoms with E-state index < -0.39 is 115 Å². The first-order chi connectivity index (χ1) is 25.8. The number of carbonyl (C=O) groups is 8. The second-order valence-corrected chi connectivity index (χ2v) is 14.8. The molecule has 17 heteroatoms. The summed E-state index contributed by atoms with van der Waals surface area (Å²) in [6.07, 6.45) is 5.70. The van der Waals surface area contributed by atoms with Gasteiger partial charge in [0.25, 0.3) is 0 Å². The molecule has 0 heterocycles. The molecule has 1 unspecified atom stereocenters. The van der Waals surface area contributed by atoms with Crippen molar-refractivity contribution in [1.29, 1.82) is 0 Å². The van der Waals surface area contributed by atoms with E-state index in [2.05, 4.69) is 31.9 Å². The van der Waals surface area contributed by atoms with Crippen molar-refractivity contribution in [3.63, 3.8) is 0 Å². The van der Waals surface area contributed by atoms with Crippen molar-refractivity contribution in [2.45, 2.75) is 161 Å². The van der Waals surface area contributed by atoms with Crippen molar-refractivity contribution in [3.05, 3.63) is 12.2 Å². The summed E-state index contributed by atoms with van der Waals surface area (Å²) in [5, 5.41) is 44.8. The Balaban J connectivity index is 3.37. The second-order valence-electron chi connectivity index (χ2n) is 14.8. The number of aliphatic carboxylic acids is 2.